The minimum absolute atomic E-state index is 0.0782. The number of piperidine rings is 1. The van der Waals surface area contributed by atoms with Gasteiger partial charge in [0.15, 0.2) is 0 Å². The van der Waals surface area contributed by atoms with Gasteiger partial charge in [0.2, 0.25) is 0 Å². The first-order chi connectivity index (χ1) is 9.99. The number of carbonyl (C=O) groups is 1. The maximum absolute atomic E-state index is 12.3. The normalized spacial score (nSPS) is 17.8. The highest BCUT2D eigenvalue weighted by molar-refractivity contribution is 5.95. The van der Waals surface area contributed by atoms with E-state index in [1.54, 1.807) is 6.20 Å². The van der Waals surface area contributed by atoms with Crippen molar-refractivity contribution in [1.82, 2.24) is 20.6 Å². The molecular formula is C16H26N4O. The monoisotopic (exact) mass is 290 g/mol. The Morgan fingerprint density at radius 2 is 2.00 bits per heavy atom. The number of nitrogens with zero attached hydrogens (tertiary/aromatic N) is 2. The summed E-state index contributed by atoms with van der Waals surface area (Å²) in [7, 11) is 0. The summed E-state index contributed by atoms with van der Waals surface area (Å²) in [5.41, 5.74) is 1.35. The zero-order chi connectivity index (χ0) is 15.4. The number of hydrogen-bond donors (Lipinski definition) is 2. The van der Waals surface area contributed by atoms with Crippen molar-refractivity contribution in [2.75, 3.05) is 13.1 Å². The van der Waals surface area contributed by atoms with E-state index in [9.17, 15) is 4.79 Å². The Bertz CT molecular complexity index is 495. The van der Waals surface area contributed by atoms with Gasteiger partial charge in [0, 0.05) is 18.2 Å². The molecule has 1 aromatic rings. The fourth-order valence-corrected chi connectivity index (χ4v) is 2.44. The van der Waals surface area contributed by atoms with Crippen LogP contribution < -0.4 is 10.6 Å². The van der Waals surface area contributed by atoms with Crippen LogP contribution in [0.2, 0.25) is 0 Å². The lowest BCUT2D eigenvalue weighted by molar-refractivity contribution is 0.0929. The Labute approximate surface area is 127 Å². The Hall–Kier alpha value is -1.49. The highest BCUT2D eigenvalue weighted by atomic mass is 16.1. The fraction of sp³-hybridized carbons (Fsp3) is 0.688. The Morgan fingerprint density at radius 1 is 1.33 bits per heavy atom. The minimum atomic E-state index is -0.0782. The number of aromatic nitrogens is 2. The van der Waals surface area contributed by atoms with Crippen LogP contribution in [0, 0.1) is 12.8 Å². The largest absolute Gasteiger partial charge is 0.349 e. The molecule has 2 N–H and O–H groups in total. The number of nitrogens with one attached hydrogen (secondary N) is 2. The number of aryl methyl sites for hydroxylation is 1. The summed E-state index contributed by atoms with van der Waals surface area (Å²) >= 11 is 0. The van der Waals surface area contributed by atoms with Crippen LogP contribution in [0.5, 0.6) is 0 Å². The summed E-state index contributed by atoms with van der Waals surface area (Å²) < 4.78 is 0. The van der Waals surface area contributed by atoms with E-state index in [1.165, 1.54) is 0 Å². The second-order valence-corrected chi connectivity index (χ2v) is 6.26. The van der Waals surface area contributed by atoms with Gasteiger partial charge in [-0.05, 0) is 45.7 Å². The number of rotatable bonds is 4. The average Bonchev–Trinajstić information content (AvgIpc) is 2.47. The second-order valence-electron chi connectivity index (χ2n) is 6.26. The van der Waals surface area contributed by atoms with Crippen LogP contribution in [-0.4, -0.2) is 35.0 Å². The molecule has 0 radical (unpaired) electrons. The van der Waals surface area contributed by atoms with E-state index in [0.29, 0.717) is 17.4 Å². The lowest BCUT2D eigenvalue weighted by Crippen LogP contribution is -2.36. The van der Waals surface area contributed by atoms with Gasteiger partial charge in [0.25, 0.3) is 5.91 Å². The quantitative estimate of drug-likeness (QED) is 0.890. The van der Waals surface area contributed by atoms with Crippen molar-refractivity contribution in [2.24, 2.45) is 5.92 Å². The van der Waals surface area contributed by atoms with Gasteiger partial charge < -0.3 is 10.6 Å². The van der Waals surface area contributed by atoms with Gasteiger partial charge in [0.1, 0.15) is 5.82 Å². The van der Waals surface area contributed by atoms with Crippen molar-refractivity contribution in [3.8, 4) is 0 Å². The zero-order valence-corrected chi connectivity index (χ0v) is 13.4. The minimum Gasteiger partial charge on any atom is -0.349 e. The molecule has 1 amide bonds. The van der Waals surface area contributed by atoms with Crippen LogP contribution in [0.3, 0.4) is 0 Å². The average molecular weight is 290 g/mol. The third-order valence-electron chi connectivity index (χ3n) is 4.31. The first-order valence-electron chi connectivity index (χ1n) is 7.84. The zero-order valence-electron chi connectivity index (χ0n) is 13.4. The summed E-state index contributed by atoms with van der Waals surface area (Å²) in [6.45, 7) is 10.1. The van der Waals surface area contributed by atoms with E-state index in [0.717, 1.165) is 37.4 Å². The summed E-state index contributed by atoms with van der Waals surface area (Å²) in [6.07, 6.45) is 3.81. The maximum atomic E-state index is 12.3. The SMILES string of the molecule is Cc1nc(C2CCNCC2)ncc1C(=O)N[C@@H](C)C(C)C. The summed E-state index contributed by atoms with van der Waals surface area (Å²) in [4.78, 5) is 21.3. The van der Waals surface area contributed by atoms with Crippen molar-refractivity contribution >= 4 is 5.91 Å². The van der Waals surface area contributed by atoms with Gasteiger partial charge >= 0.3 is 0 Å². The molecule has 0 saturated carbocycles. The molecule has 0 bridgehead atoms. The van der Waals surface area contributed by atoms with Gasteiger partial charge in [-0.2, -0.15) is 0 Å². The predicted octanol–water partition coefficient (Wildman–Crippen LogP) is 2.03. The molecule has 1 aromatic heterocycles. The smallest absolute Gasteiger partial charge is 0.254 e. The molecule has 116 valence electrons. The molecule has 2 heterocycles. The lowest BCUT2D eigenvalue weighted by atomic mass is 9.97. The molecule has 0 unspecified atom stereocenters. The molecule has 5 nitrogen and oxygen atoms in total. The predicted molar refractivity (Wildman–Crippen MR) is 83.4 cm³/mol. The van der Waals surface area contributed by atoms with Crippen LogP contribution in [0.25, 0.3) is 0 Å². The molecule has 1 fully saturated rings. The first-order valence-corrected chi connectivity index (χ1v) is 7.84. The molecule has 0 aliphatic carbocycles. The van der Waals surface area contributed by atoms with E-state index >= 15 is 0 Å². The van der Waals surface area contributed by atoms with Gasteiger partial charge in [0.05, 0.1) is 11.3 Å². The molecule has 0 aromatic carbocycles. The lowest BCUT2D eigenvalue weighted by Gasteiger charge is -2.22. The molecule has 1 atom stereocenters. The van der Waals surface area contributed by atoms with Gasteiger partial charge in [-0.3, -0.25) is 4.79 Å². The summed E-state index contributed by atoms with van der Waals surface area (Å²) in [5.74, 6) is 1.62. The van der Waals surface area contributed by atoms with Crippen molar-refractivity contribution in [1.29, 1.82) is 0 Å². The molecule has 0 spiro atoms. The second kappa shape index (κ2) is 6.98. The van der Waals surface area contributed by atoms with E-state index in [-0.39, 0.29) is 11.9 Å². The number of carbonyl (C=O) groups excluding carboxylic acids is 1. The molecular weight excluding hydrogens is 264 g/mol. The molecule has 21 heavy (non-hydrogen) atoms. The molecule has 2 rings (SSSR count). The maximum Gasteiger partial charge on any atom is 0.254 e. The van der Waals surface area contributed by atoms with E-state index in [4.69, 9.17) is 0 Å². The van der Waals surface area contributed by atoms with E-state index in [2.05, 4.69) is 34.4 Å². The third-order valence-corrected chi connectivity index (χ3v) is 4.31. The summed E-state index contributed by atoms with van der Waals surface area (Å²) in [6, 6.07) is 0.140. The van der Waals surface area contributed by atoms with Gasteiger partial charge in [-0.25, -0.2) is 9.97 Å². The first kappa shape index (κ1) is 15.9. The van der Waals surface area contributed by atoms with Crippen LogP contribution in [0.4, 0.5) is 0 Å². The van der Waals surface area contributed by atoms with Crippen LogP contribution in [0.15, 0.2) is 6.20 Å². The van der Waals surface area contributed by atoms with Crippen molar-refractivity contribution in [2.45, 2.75) is 52.5 Å². The van der Waals surface area contributed by atoms with Crippen LogP contribution in [0.1, 0.15) is 61.4 Å². The van der Waals surface area contributed by atoms with Gasteiger partial charge in [-0.1, -0.05) is 13.8 Å². The Balaban J connectivity index is 2.09. The Kier molecular flexibility index (Phi) is 5.28. The molecule has 1 aliphatic heterocycles. The molecule has 5 heteroatoms. The standard InChI is InChI=1S/C16H26N4O/c1-10(2)11(3)20-16(21)14-9-18-15(19-12(14)4)13-5-7-17-8-6-13/h9-11,13,17H,5-8H2,1-4H3,(H,20,21)/t11-/m0/s1. The fourth-order valence-electron chi connectivity index (χ4n) is 2.44. The van der Waals surface area contributed by atoms with Gasteiger partial charge in [-0.15, -0.1) is 0 Å². The molecule has 1 saturated heterocycles. The highest BCUT2D eigenvalue weighted by Crippen LogP contribution is 2.22. The van der Waals surface area contributed by atoms with Crippen molar-refractivity contribution < 1.29 is 4.79 Å². The number of hydrogen-bond acceptors (Lipinski definition) is 4. The van der Waals surface area contributed by atoms with Crippen LogP contribution in [-0.2, 0) is 0 Å². The van der Waals surface area contributed by atoms with Crippen LogP contribution >= 0.6 is 0 Å². The van der Waals surface area contributed by atoms with Crippen molar-refractivity contribution in [3.05, 3.63) is 23.3 Å². The van der Waals surface area contributed by atoms with E-state index in [1.807, 2.05) is 13.8 Å². The number of amides is 1. The van der Waals surface area contributed by atoms with E-state index < -0.39 is 0 Å². The Morgan fingerprint density at radius 3 is 2.57 bits per heavy atom. The third kappa shape index (κ3) is 4.00. The molecule has 1 aliphatic rings. The summed E-state index contributed by atoms with van der Waals surface area (Å²) in [5, 5.41) is 6.35. The van der Waals surface area contributed by atoms with Crippen molar-refractivity contribution in [3.63, 3.8) is 0 Å². The highest BCUT2D eigenvalue weighted by Gasteiger charge is 2.20. The topological polar surface area (TPSA) is 66.9 Å².